The third-order valence-electron chi connectivity index (χ3n) is 2.90. The molecule has 0 atom stereocenters. The molecule has 0 unspecified atom stereocenters. The zero-order chi connectivity index (χ0) is 13.4. The Morgan fingerprint density at radius 2 is 1.89 bits per heavy atom. The topological polar surface area (TPSA) is 17.3 Å². The van der Waals surface area contributed by atoms with E-state index < -0.39 is 0 Å². The highest BCUT2D eigenvalue weighted by Crippen LogP contribution is 2.23. The molecule has 0 amide bonds. The average molecular weight is 340 g/mol. The van der Waals surface area contributed by atoms with E-state index in [9.17, 15) is 4.39 Å². The molecule has 19 heavy (non-hydrogen) atoms. The van der Waals surface area contributed by atoms with Crippen molar-refractivity contribution in [2.45, 2.75) is 6.42 Å². The van der Waals surface area contributed by atoms with Crippen LogP contribution in [0.25, 0.3) is 5.52 Å². The minimum atomic E-state index is -0.235. The molecule has 0 aliphatic heterocycles. The Bertz CT molecular complexity index is 737. The minimum absolute atomic E-state index is 0.235. The fourth-order valence-corrected chi connectivity index (χ4v) is 2.68. The van der Waals surface area contributed by atoms with Crippen LogP contribution in [0.5, 0.6) is 0 Å². The lowest BCUT2D eigenvalue weighted by atomic mass is 10.1. The number of halogens is 3. The highest BCUT2D eigenvalue weighted by atomic mass is 79.9. The van der Waals surface area contributed by atoms with Crippen molar-refractivity contribution in [3.8, 4) is 0 Å². The summed E-state index contributed by atoms with van der Waals surface area (Å²) in [6.45, 7) is 0. The Kier molecular flexibility index (Phi) is 3.29. The van der Waals surface area contributed by atoms with Crippen LogP contribution in [-0.2, 0) is 6.42 Å². The molecule has 0 radical (unpaired) electrons. The molecule has 0 N–H and O–H groups in total. The van der Waals surface area contributed by atoms with E-state index in [4.69, 9.17) is 11.6 Å². The first-order chi connectivity index (χ1) is 9.13. The van der Waals surface area contributed by atoms with Gasteiger partial charge in [-0.1, -0.05) is 23.7 Å². The summed E-state index contributed by atoms with van der Waals surface area (Å²) in [6.07, 6.45) is 2.45. The van der Waals surface area contributed by atoms with Crippen LogP contribution in [0.1, 0.15) is 11.4 Å². The molecule has 0 fully saturated rings. The molecule has 2 nitrogen and oxygen atoms in total. The summed E-state index contributed by atoms with van der Waals surface area (Å²) in [7, 11) is 0. The average Bonchev–Trinajstić information content (AvgIpc) is 2.69. The molecule has 96 valence electrons. The molecule has 0 saturated heterocycles. The first-order valence-electron chi connectivity index (χ1n) is 5.70. The molecular formula is C14H9BrClFN2. The lowest BCUT2D eigenvalue weighted by Crippen LogP contribution is -1.96. The van der Waals surface area contributed by atoms with Gasteiger partial charge >= 0.3 is 0 Å². The molecule has 0 aliphatic rings. The van der Waals surface area contributed by atoms with Crippen molar-refractivity contribution in [2.24, 2.45) is 0 Å². The molecule has 3 aromatic rings. The van der Waals surface area contributed by atoms with Crippen LogP contribution in [-0.4, -0.2) is 9.38 Å². The Morgan fingerprint density at radius 1 is 1.16 bits per heavy atom. The van der Waals surface area contributed by atoms with Gasteiger partial charge in [0.05, 0.1) is 10.5 Å². The van der Waals surface area contributed by atoms with Gasteiger partial charge < -0.3 is 4.40 Å². The second-order valence-corrected chi connectivity index (χ2v) is 5.41. The van der Waals surface area contributed by atoms with E-state index in [0.717, 1.165) is 21.5 Å². The maximum Gasteiger partial charge on any atom is 0.132 e. The van der Waals surface area contributed by atoms with Crippen LogP contribution >= 0.6 is 27.5 Å². The van der Waals surface area contributed by atoms with Crippen molar-refractivity contribution in [1.29, 1.82) is 0 Å². The van der Waals surface area contributed by atoms with Crippen LogP contribution in [0.15, 0.2) is 47.2 Å². The normalized spacial score (nSPS) is 11.1. The van der Waals surface area contributed by atoms with E-state index in [0.29, 0.717) is 11.4 Å². The number of hydrogen-bond donors (Lipinski definition) is 0. The quantitative estimate of drug-likeness (QED) is 0.673. The van der Waals surface area contributed by atoms with Crippen molar-refractivity contribution < 1.29 is 4.39 Å². The van der Waals surface area contributed by atoms with E-state index in [1.54, 1.807) is 12.1 Å². The third kappa shape index (κ3) is 2.51. The van der Waals surface area contributed by atoms with Gasteiger partial charge in [0.2, 0.25) is 0 Å². The third-order valence-corrected chi connectivity index (χ3v) is 3.71. The molecule has 0 spiro atoms. The maximum absolute atomic E-state index is 12.9. The zero-order valence-electron chi connectivity index (χ0n) is 9.78. The fraction of sp³-hybridized carbons (Fsp3) is 0.0714. The number of fused-ring (bicyclic) bond motifs is 1. The molecule has 0 bridgehead atoms. The smallest absolute Gasteiger partial charge is 0.132 e. The maximum atomic E-state index is 12.9. The van der Waals surface area contributed by atoms with Gasteiger partial charge in [0, 0.05) is 12.6 Å². The summed E-state index contributed by atoms with van der Waals surface area (Å²) < 4.78 is 15.6. The molecule has 2 heterocycles. The van der Waals surface area contributed by atoms with Crippen molar-refractivity contribution in [3.05, 3.63) is 69.4 Å². The van der Waals surface area contributed by atoms with Crippen LogP contribution < -0.4 is 0 Å². The standard InChI is InChI=1S/C14H9BrClFN2/c15-14-12-6-3-10(16)8-19(12)13(18-14)7-9-1-4-11(17)5-2-9/h1-6,8H,7H2. The molecule has 2 aromatic heterocycles. The Hall–Kier alpha value is -1.39. The first-order valence-corrected chi connectivity index (χ1v) is 6.87. The number of aromatic nitrogens is 2. The van der Waals surface area contributed by atoms with Gasteiger partial charge in [-0.25, -0.2) is 9.37 Å². The zero-order valence-corrected chi connectivity index (χ0v) is 12.1. The van der Waals surface area contributed by atoms with Gasteiger partial charge in [-0.15, -0.1) is 0 Å². The number of pyridine rings is 1. The van der Waals surface area contributed by atoms with Crippen LogP contribution in [0, 0.1) is 5.82 Å². The number of nitrogens with zero attached hydrogens (tertiary/aromatic N) is 2. The molecule has 5 heteroatoms. The lowest BCUT2D eigenvalue weighted by molar-refractivity contribution is 0.627. The minimum Gasteiger partial charge on any atom is -0.301 e. The largest absolute Gasteiger partial charge is 0.301 e. The van der Waals surface area contributed by atoms with Crippen molar-refractivity contribution in [3.63, 3.8) is 0 Å². The highest BCUT2D eigenvalue weighted by molar-refractivity contribution is 9.10. The van der Waals surface area contributed by atoms with Crippen LogP contribution in [0.3, 0.4) is 0 Å². The highest BCUT2D eigenvalue weighted by Gasteiger charge is 2.10. The number of hydrogen-bond acceptors (Lipinski definition) is 1. The van der Waals surface area contributed by atoms with Crippen LogP contribution in [0.2, 0.25) is 5.02 Å². The van der Waals surface area contributed by atoms with Gasteiger partial charge in [-0.05, 0) is 45.8 Å². The molecular weight excluding hydrogens is 331 g/mol. The van der Waals surface area contributed by atoms with E-state index in [-0.39, 0.29) is 5.82 Å². The molecule has 0 saturated carbocycles. The SMILES string of the molecule is Fc1ccc(Cc2nc(Br)c3ccc(Cl)cn23)cc1. The Morgan fingerprint density at radius 3 is 2.63 bits per heavy atom. The molecule has 0 aliphatic carbocycles. The lowest BCUT2D eigenvalue weighted by Gasteiger charge is -2.02. The van der Waals surface area contributed by atoms with E-state index in [2.05, 4.69) is 20.9 Å². The molecule has 1 aromatic carbocycles. The van der Waals surface area contributed by atoms with E-state index in [1.807, 2.05) is 22.7 Å². The number of rotatable bonds is 2. The summed E-state index contributed by atoms with van der Waals surface area (Å²) in [4.78, 5) is 4.48. The van der Waals surface area contributed by atoms with Gasteiger partial charge in [-0.3, -0.25) is 0 Å². The summed E-state index contributed by atoms with van der Waals surface area (Å²) in [5.41, 5.74) is 1.96. The fourth-order valence-electron chi connectivity index (χ4n) is 1.99. The summed E-state index contributed by atoms with van der Waals surface area (Å²) in [5, 5.41) is 0.651. The first kappa shape index (κ1) is 12.6. The monoisotopic (exact) mass is 338 g/mol. The van der Waals surface area contributed by atoms with Gasteiger partial charge in [0.15, 0.2) is 0 Å². The summed E-state index contributed by atoms with van der Waals surface area (Å²) in [5.74, 6) is 0.622. The van der Waals surface area contributed by atoms with Crippen LogP contribution in [0.4, 0.5) is 4.39 Å². The van der Waals surface area contributed by atoms with Gasteiger partial charge in [0.25, 0.3) is 0 Å². The second kappa shape index (κ2) is 4.94. The summed E-state index contributed by atoms with van der Waals surface area (Å²) in [6, 6.07) is 10.2. The van der Waals surface area contributed by atoms with Gasteiger partial charge in [0.1, 0.15) is 16.2 Å². The van der Waals surface area contributed by atoms with E-state index >= 15 is 0 Å². The van der Waals surface area contributed by atoms with Gasteiger partial charge in [-0.2, -0.15) is 0 Å². The predicted octanol–water partition coefficient (Wildman–Crippen LogP) is 4.48. The van der Waals surface area contributed by atoms with Crippen molar-refractivity contribution >= 4 is 33.0 Å². The predicted molar refractivity (Wildman–Crippen MR) is 77.1 cm³/mol. The Labute approximate surface area is 123 Å². The van der Waals surface area contributed by atoms with Crippen molar-refractivity contribution in [1.82, 2.24) is 9.38 Å². The number of imidazole rings is 1. The molecule has 3 rings (SSSR count). The second-order valence-electron chi connectivity index (χ2n) is 4.22. The summed E-state index contributed by atoms with van der Waals surface area (Å²) >= 11 is 9.44. The van der Waals surface area contributed by atoms with E-state index in [1.165, 1.54) is 12.1 Å². The van der Waals surface area contributed by atoms with Crippen molar-refractivity contribution in [2.75, 3.05) is 0 Å². The Balaban J connectivity index is 2.05. The number of benzene rings is 1.